The largest absolute Gasteiger partial charge is 0.462 e. The third kappa shape index (κ3) is 8.04. The first-order valence-electron chi connectivity index (χ1n) is 8.09. The molecule has 0 saturated heterocycles. The van der Waals surface area contributed by atoms with E-state index in [2.05, 4.69) is 35.1 Å². The Balaban J connectivity index is 2.85. The highest BCUT2D eigenvalue weighted by Gasteiger charge is 2.14. The summed E-state index contributed by atoms with van der Waals surface area (Å²) in [4.78, 5) is 33.5. The first kappa shape index (κ1) is 21.7. The van der Waals surface area contributed by atoms with E-state index in [9.17, 15) is 14.4 Å². The molecule has 0 aromatic carbocycles. The second-order valence-electron chi connectivity index (χ2n) is 5.03. The lowest BCUT2D eigenvalue weighted by Gasteiger charge is -2.12. The van der Waals surface area contributed by atoms with Gasteiger partial charge in [-0.2, -0.15) is 0 Å². The molecule has 0 fully saturated rings. The van der Waals surface area contributed by atoms with Crippen LogP contribution in [0.3, 0.4) is 0 Å². The highest BCUT2D eigenvalue weighted by molar-refractivity contribution is 5.81. The van der Waals surface area contributed by atoms with Crippen molar-refractivity contribution < 1.29 is 28.6 Å². The number of nitrogens with zero attached hydrogens (tertiary/aromatic N) is 3. The van der Waals surface area contributed by atoms with Gasteiger partial charge in [0.25, 0.3) is 0 Å². The fraction of sp³-hybridized carbons (Fsp3) is 0.333. The van der Waals surface area contributed by atoms with Crippen molar-refractivity contribution in [1.29, 1.82) is 0 Å². The molecule has 27 heavy (non-hydrogen) atoms. The lowest BCUT2D eigenvalue weighted by atomic mass is 10.0. The number of carbonyl (C=O) groups is 3. The van der Waals surface area contributed by atoms with Crippen LogP contribution < -0.4 is 0 Å². The Morgan fingerprint density at radius 3 is 1.44 bits per heavy atom. The van der Waals surface area contributed by atoms with Crippen molar-refractivity contribution in [1.82, 2.24) is 15.4 Å². The molecule has 0 aliphatic rings. The molecule has 1 rings (SSSR count). The maximum Gasteiger partial charge on any atom is 0.330 e. The van der Waals surface area contributed by atoms with Gasteiger partial charge in [0.05, 0.1) is 31.2 Å². The van der Waals surface area contributed by atoms with Gasteiger partial charge in [0, 0.05) is 43.1 Å². The van der Waals surface area contributed by atoms with Crippen LogP contribution in [0.4, 0.5) is 0 Å². The molecule has 1 aromatic heterocycles. The Kier molecular flexibility index (Phi) is 9.69. The predicted molar refractivity (Wildman–Crippen MR) is 94.4 cm³/mol. The number of esters is 3. The molecule has 0 radical (unpaired) electrons. The van der Waals surface area contributed by atoms with Crippen molar-refractivity contribution in [3.8, 4) is 0 Å². The lowest BCUT2D eigenvalue weighted by Crippen LogP contribution is -2.16. The molecule has 0 N–H and O–H groups in total. The molecule has 0 saturated carbocycles. The average Bonchev–Trinajstić information content (AvgIpc) is 2.68. The second kappa shape index (κ2) is 12.1. The van der Waals surface area contributed by atoms with Gasteiger partial charge in [0.15, 0.2) is 0 Å². The van der Waals surface area contributed by atoms with Crippen LogP contribution >= 0.6 is 0 Å². The molecular weight excluding hydrogens is 354 g/mol. The van der Waals surface area contributed by atoms with Gasteiger partial charge in [-0.3, -0.25) is 0 Å². The van der Waals surface area contributed by atoms with Gasteiger partial charge in [0.2, 0.25) is 0 Å². The summed E-state index contributed by atoms with van der Waals surface area (Å²) in [5.41, 5.74) is 1.77. The quantitative estimate of drug-likeness (QED) is 0.295. The Bertz CT molecular complexity index is 673. The first-order valence-corrected chi connectivity index (χ1v) is 8.09. The van der Waals surface area contributed by atoms with Crippen LogP contribution in [0.2, 0.25) is 0 Å². The summed E-state index contributed by atoms with van der Waals surface area (Å²) in [6.45, 7) is 10.2. The smallest absolute Gasteiger partial charge is 0.330 e. The fourth-order valence-corrected chi connectivity index (χ4v) is 2.04. The summed E-state index contributed by atoms with van der Waals surface area (Å²) in [6.07, 6.45) is 4.09. The van der Waals surface area contributed by atoms with E-state index < -0.39 is 17.9 Å². The molecular formula is C18H21N3O6. The summed E-state index contributed by atoms with van der Waals surface area (Å²) in [6, 6.07) is 0. The molecule has 0 atom stereocenters. The third-order valence-electron chi connectivity index (χ3n) is 3.29. The molecule has 9 nitrogen and oxygen atoms in total. The minimum atomic E-state index is -0.548. The van der Waals surface area contributed by atoms with Crippen LogP contribution in [0.1, 0.15) is 17.0 Å². The van der Waals surface area contributed by atoms with Crippen molar-refractivity contribution in [3.63, 3.8) is 0 Å². The van der Waals surface area contributed by atoms with Crippen molar-refractivity contribution in [2.24, 2.45) is 0 Å². The maximum absolute atomic E-state index is 11.2. The van der Waals surface area contributed by atoms with Crippen LogP contribution in [-0.4, -0.2) is 53.1 Å². The highest BCUT2D eigenvalue weighted by Crippen LogP contribution is 2.13. The van der Waals surface area contributed by atoms with Crippen molar-refractivity contribution in [2.75, 3.05) is 19.8 Å². The molecule has 0 unspecified atom stereocenters. The second-order valence-corrected chi connectivity index (χ2v) is 5.03. The van der Waals surface area contributed by atoms with E-state index in [1.54, 1.807) is 0 Å². The molecule has 9 heteroatoms. The van der Waals surface area contributed by atoms with Crippen LogP contribution in [0.5, 0.6) is 0 Å². The van der Waals surface area contributed by atoms with Gasteiger partial charge in [-0.1, -0.05) is 19.7 Å². The molecule has 0 aliphatic carbocycles. The molecule has 0 amide bonds. The summed E-state index contributed by atoms with van der Waals surface area (Å²) in [5, 5.41) is 11.6. The van der Waals surface area contributed by atoms with Crippen LogP contribution in [0.15, 0.2) is 38.0 Å². The minimum absolute atomic E-state index is 0.0773. The Hall–Kier alpha value is -3.36. The highest BCUT2D eigenvalue weighted by atomic mass is 16.5. The predicted octanol–water partition coefficient (Wildman–Crippen LogP) is 0.687. The number of aromatic nitrogens is 3. The zero-order valence-corrected chi connectivity index (χ0v) is 14.9. The topological polar surface area (TPSA) is 118 Å². The zero-order chi connectivity index (χ0) is 20.1. The summed E-state index contributed by atoms with van der Waals surface area (Å²) >= 11 is 0. The van der Waals surface area contributed by atoms with E-state index in [1.807, 2.05) is 0 Å². The van der Waals surface area contributed by atoms with Gasteiger partial charge in [0.1, 0.15) is 0 Å². The van der Waals surface area contributed by atoms with Crippen LogP contribution in [0, 0.1) is 0 Å². The summed E-state index contributed by atoms with van der Waals surface area (Å²) in [5.74, 6) is -1.64. The fourth-order valence-electron chi connectivity index (χ4n) is 2.04. The Morgan fingerprint density at radius 1 is 0.704 bits per heavy atom. The van der Waals surface area contributed by atoms with Gasteiger partial charge in [-0.05, 0) is 5.21 Å². The third-order valence-corrected chi connectivity index (χ3v) is 3.29. The molecule has 1 aromatic rings. The summed E-state index contributed by atoms with van der Waals surface area (Å²) < 4.78 is 14.9. The van der Waals surface area contributed by atoms with Gasteiger partial charge >= 0.3 is 17.9 Å². The number of rotatable bonds is 12. The van der Waals surface area contributed by atoms with Crippen LogP contribution in [-0.2, 0) is 47.9 Å². The van der Waals surface area contributed by atoms with Crippen LogP contribution in [0.25, 0.3) is 0 Å². The zero-order valence-electron chi connectivity index (χ0n) is 14.9. The molecule has 0 bridgehead atoms. The first-order chi connectivity index (χ1) is 13.0. The standard InChI is InChI=1S/C18H21N3O6/c1-4-16(22)25-10-7-13-14(8-11-26-17(23)5-2)19-21-20-15(13)9-12-27-18(24)6-3/h4-6H,1-3,7-12H2. The lowest BCUT2D eigenvalue weighted by molar-refractivity contribution is -0.138. The number of ether oxygens (including phenoxy) is 3. The summed E-state index contributed by atoms with van der Waals surface area (Å²) in [7, 11) is 0. The Labute approximate surface area is 156 Å². The number of carbonyl (C=O) groups excluding carboxylic acids is 3. The molecule has 0 spiro atoms. The van der Waals surface area contributed by atoms with Gasteiger partial charge in [-0.15, -0.1) is 10.2 Å². The number of hydrogen-bond acceptors (Lipinski definition) is 9. The molecule has 144 valence electrons. The van der Waals surface area contributed by atoms with E-state index in [0.717, 1.165) is 18.2 Å². The maximum atomic E-state index is 11.2. The normalized spacial score (nSPS) is 9.78. The average molecular weight is 375 g/mol. The minimum Gasteiger partial charge on any atom is -0.462 e. The Morgan fingerprint density at radius 2 is 1.07 bits per heavy atom. The van der Waals surface area contributed by atoms with E-state index in [0.29, 0.717) is 36.2 Å². The van der Waals surface area contributed by atoms with Crippen molar-refractivity contribution in [2.45, 2.75) is 19.3 Å². The SMILES string of the molecule is C=CC(=O)OCCc1nnnc(CCOC(=O)C=C)c1CCOC(=O)C=C. The van der Waals surface area contributed by atoms with Gasteiger partial charge in [-0.25, -0.2) is 14.4 Å². The molecule has 1 heterocycles. The molecule has 0 aliphatic heterocycles. The van der Waals surface area contributed by atoms with E-state index in [4.69, 9.17) is 14.2 Å². The van der Waals surface area contributed by atoms with Crippen molar-refractivity contribution >= 4 is 17.9 Å². The monoisotopic (exact) mass is 375 g/mol. The van der Waals surface area contributed by atoms with Crippen molar-refractivity contribution in [3.05, 3.63) is 54.9 Å². The van der Waals surface area contributed by atoms with E-state index in [-0.39, 0.29) is 19.8 Å². The van der Waals surface area contributed by atoms with E-state index in [1.165, 1.54) is 0 Å². The van der Waals surface area contributed by atoms with Gasteiger partial charge < -0.3 is 14.2 Å². The number of hydrogen-bond donors (Lipinski definition) is 0. The van der Waals surface area contributed by atoms with E-state index >= 15 is 0 Å².